The van der Waals surface area contributed by atoms with Gasteiger partial charge in [-0.1, -0.05) is 23.7 Å². The highest BCUT2D eigenvalue weighted by atomic mass is 35.5. The Morgan fingerprint density at radius 3 is 2.57 bits per heavy atom. The van der Waals surface area contributed by atoms with Crippen LogP contribution in [0.4, 0.5) is 0 Å². The number of ether oxygens (including phenoxy) is 2. The molecule has 0 N–H and O–H groups in total. The number of fused-ring (bicyclic) bond motifs is 1. The Bertz CT molecular complexity index is 1030. The molecule has 0 saturated heterocycles. The minimum atomic E-state index is -0.206. The van der Waals surface area contributed by atoms with E-state index in [9.17, 15) is 4.79 Å². The van der Waals surface area contributed by atoms with Crippen molar-refractivity contribution in [1.82, 2.24) is 19.4 Å². The van der Waals surface area contributed by atoms with Gasteiger partial charge in [-0.3, -0.25) is 9.36 Å². The molecule has 1 aromatic carbocycles. The molecule has 2 heterocycles. The number of benzene rings is 1. The fourth-order valence-electron chi connectivity index (χ4n) is 2.83. The molecule has 2 aromatic heterocycles. The lowest BCUT2D eigenvalue weighted by Crippen LogP contribution is -2.26. The maximum absolute atomic E-state index is 13.3. The lowest BCUT2D eigenvalue weighted by Gasteiger charge is -2.15. The summed E-state index contributed by atoms with van der Waals surface area (Å²) in [7, 11) is 5.50. The number of halogens is 1. The first kappa shape index (κ1) is 20.1. The second-order valence-corrected chi connectivity index (χ2v) is 7.05. The standard InChI is InChI=1S/C20H23ClN4O3/c1-13-23-16-11-22-19(21)18(28-10-9-24(2)3)17(16)20(26)25(13)12-14-5-7-15(27-4)8-6-14/h5-8,11H,9-10,12H2,1-4H3. The van der Waals surface area contributed by atoms with Gasteiger partial charge in [0.15, 0.2) is 10.9 Å². The molecule has 0 aliphatic heterocycles. The van der Waals surface area contributed by atoms with Crippen molar-refractivity contribution in [3.05, 3.63) is 57.4 Å². The summed E-state index contributed by atoms with van der Waals surface area (Å²) in [6.45, 7) is 3.26. The lowest BCUT2D eigenvalue weighted by atomic mass is 10.2. The van der Waals surface area contributed by atoms with Gasteiger partial charge < -0.3 is 14.4 Å². The van der Waals surface area contributed by atoms with Gasteiger partial charge >= 0.3 is 0 Å². The molecule has 0 saturated carbocycles. The summed E-state index contributed by atoms with van der Waals surface area (Å²) in [6, 6.07) is 7.56. The molecule has 0 bridgehead atoms. The van der Waals surface area contributed by atoms with E-state index in [-0.39, 0.29) is 16.5 Å². The zero-order chi connectivity index (χ0) is 20.3. The van der Waals surface area contributed by atoms with Gasteiger partial charge in [-0.05, 0) is 38.7 Å². The smallest absolute Gasteiger partial charge is 0.265 e. The maximum Gasteiger partial charge on any atom is 0.265 e. The van der Waals surface area contributed by atoms with Gasteiger partial charge in [0.25, 0.3) is 5.56 Å². The first-order valence-electron chi connectivity index (χ1n) is 8.86. The predicted molar refractivity (Wildman–Crippen MR) is 110 cm³/mol. The number of hydrogen-bond acceptors (Lipinski definition) is 6. The van der Waals surface area contributed by atoms with E-state index in [2.05, 4.69) is 9.97 Å². The summed E-state index contributed by atoms with van der Waals surface area (Å²) in [6.07, 6.45) is 1.50. The summed E-state index contributed by atoms with van der Waals surface area (Å²) in [4.78, 5) is 23.9. The molecule has 0 amide bonds. The van der Waals surface area contributed by atoms with Crippen molar-refractivity contribution >= 4 is 22.5 Å². The van der Waals surface area contributed by atoms with E-state index < -0.39 is 0 Å². The van der Waals surface area contributed by atoms with Crippen molar-refractivity contribution in [2.24, 2.45) is 0 Å². The Morgan fingerprint density at radius 2 is 1.93 bits per heavy atom. The molecule has 0 aliphatic rings. The Labute approximate surface area is 168 Å². The molecule has 148 valence electrons. The third-order valence-corrected chi connectivity index (χ3v) is 4.66. The molecule has 0 spiro atoms. The van der Waals surface area contributed by atoms with Crippen LogP contribution in [0.25, 0.3) is 10.9 Å². The molecule has 8 heteroatoms. The number of methoxy groups -OCH3 is 1. The van der Waals surface area contributed by atoms with Crippen molar-refractivity contribution in [2.75, 3.05) is 34.4 Å². The number of likely N-dealkylation sites (N-methyl/N-ethyl adjacent to an activating group) is 1. The highest BCUT2D eigenvalue weighted by Gasteiger charge is 2.17. The molecule has 3 aromatic rings. The first-order chi connectivity index (χ1) is 13.4. The Kier molecular flexibility index (Phi) is 6.16. The Hall–Kier alpha value is -2.64. The van der Waals surface area contributed by atoms with Gasteiger partial charge in [0.2, 0.25) is 0 Å². The summed E-state index contributed by atoms with van der Waals surface area (Å²) < 4.78 is 12.6. The Balaban J connectivity index is 2.04. The summed E-state index contributed by atoms with van der Waals surface area (Å²) in [5, 5.41) is 0.503. The Morgan fingerprint density at radius 1 is 1.21 bits per heavy atom. The van der Waals surface area contributed by atoms with E-state index in [1.807, 2.05) is 43.3 Å². The zero-order valence-corrected chi connectivity index (χ0v) is 17.2. The maximum atomic E-state index is 13.3. The number of aromatic nitrogens is 3. The monoisotopic (exact) mass is 402 g/mol. The molecule has 3 rings (SSSR count). The van der Waals surface area contributed by atoms with Crippen LogP contribution in [0.15, 0.2) is 35.3 Å². The van der Waals surface area contributed by atoms with E-state index in [1.54, 1.807) is 18.6 Å². The zero-order valence-electron chi connectivity index (χ0n) is 16.4. The van der Waals surface area contributed by atoms with Crippen molar-refractivity contribution in [1.29, 1.82) is 0 Å². The van der Waals surface area contributed by atoms with E-state index >= 15 is 0 Å². The fourth-order valence-corrected chi connectivity index (χ4v) is 3.03. The van der Waals surface area contributed by atoms with E-state index in [0.29, 0.717) is 36.4 Å². The molecule has 0 radical (unpaired) electrons. The molecule has 0 fully saturated rings. The van der Waals surface area contributed by atoms with Crippen molar-refractivity contribution in [2.45, 2.75) is 13.5 Å². The van der Waals surface area contributed by atoms with Crippen LogP contribution in [-0.4, -0.2) is 53.8 Å². The van der Waals surface area contributed by atoms with Gasteiger partial charge in [0.05, 0.1) is 19.9 Å². The highest BCUT2D eigenvalue weighted by molar-refractivity contribution is 6.31. The summed E-state index contributed by atoms with van der Waals surface area (Å²) in [5.41, 5.74) is 1.22. The molecule has 0 aliphatic carbocycles. The van der Waals surface area contributed by atoms with Crippen LogP contribution >= 0.6 is 11.6 Å². The second kappa shape index (κ2) is 8.58. The summed E-state index contributed by atoms with van der Waals surface area (Å²) >= 11 is 6.24. The number of rotatable bonds is 7. The van der Waals surface area contributed by atoms with Crippen LogP contribution < -0.4 is 15.0 Å². The second-order valence-electron chi connectivity index (χ2n) is 6.69. The average Bonchev–Trinajstić information content (AvgIpc) is 2.67. The van der Waals surface area contributed by atoms with E-state index in [0.717, 1.165) is 11.3 Å². The number of aryl methyl sites for hydroxylation is 1. The van der Waals surface area contributed by atoms with Gasteiger partial charge in [-0.15, -0.1) is 0 Å². The van der Waals surface area contributed by atoms with Crippen molar-refractivity contribution in [3.8, 4) is 11.5 Å². The van der Waals surface area contributed by atoms with Crippen LogP contribution in [0.5, 0.6) is 11.5 Å². The first-order valence-corrected chi connectivity index (χ1v) is 9.24. The van der Waals surface area contributed by atoms with Crippen molar-refractivity contribution < 1.29 is 9.47 Å². The summed E-state index contributed by atoms with van der Waals surface area (Å²) in [5.74, 6) is 1.64. The minimum Gasteiger partial charge on any atom is -0.497 e. The van der Waals surface area contributed by atoms with Gasteiger partial charge in [0.1, 0.15) is 29.1 Å². The van der Waals surface area contributed by atoms with Gasteiger partial charge in [0, 0.05) is 6.54 Å². The van der Waals surface area contributed by atoms with Crippen molar-refractivity contribution in [3.63, 3.8) is 0 Å². The van der Waals surface area contributed by atoms with Crippen LogP contribution in [0, 0.1) is 6.92 Å². The van der Waals surface area contributed by atoms with Crippen LogP contribution in [0.2, 0.25) is 5.15 Å². The van der Waals surface area contributed by atoms with E-state index in [4.69, 9.17) is 21.1 Å². The fraction of sp³-hybridized carbons (Fsp3) is 0.350. The minimum absolute atomic E-state index is 0.157. The molecule has 28 heavy (non-hydrogen) atoms. The normalized spacial score (nSPS) is 11.2. The number of pyridine rings is 1. The van der Waals surface area contributed by atoms with Crippen LogP contribution in [0.1, 0.15) is 11.4 Å². The van der Waals surface area contributed by atoms with Gasteiger partial charge in [-0.25, -0.2) is 9.97 Å². The molecular formula is C20H23ClN4O3. The largest absolute Gasteiger partial charge is 0.497 e. The molecule has 7 nitrogen and oxygen atoms in total. The third kappa shape index (κ3) is 4.26. The topological polar surface area (TPSA) is 69.5 Å². The molecular weight excluding hydrogens is 380 g/mol. The predicted octanol–water partition coefficient (Wildman–Crippen LogP) is 2.75. The number of hydrogen-bond donors (Lipinski definition) is 0. The van der Waals surface area contributed by atoms with Gasteiger partial charge in [-0.2, -0.15) is 0 Å². The quantitative estimate of drug-likeness (QED) is 0.566. The van der Waals surface area contributed by atoms with Crippen LogP contribution in [0.3, 0.4) is 0 Å². The van der Waals surface area contributed by atoms with Crippen LogP contribution in [-0.2, 0) is 6.54 Å². The van der Waals surface area contributed by atoms with E-state index in [1.165, 1.54) is 6.20 Å². The SMILES string of the molecule is COc1ccc(Cn2c(C)nc3cnc(Cl)c(OCCN(C)C)c3c2=O)cc1. The highest BCUT2D eigenvalue weighted by Crippen LogP contribution is 2.28. The number of nitrogens with zero attached hydrogens (tertiary/aromatic N) is 4. The molecule has 0 atom stereocenters. The average molecular weight is 403 g/mol. The third-order valence-electron chi connectivity index (χ3n) is 4.39. The molecule has 0 unspecified atom stereocenters. The lowest BCUT2D eigenvalue weighted by molar-refractivity contribution is 0.263.